The monoisotopic (exact) mass is 276 g/mol. The standard InChI is InChI=1S/C19H32O/c1-16(2)8-6-9-17(3)10-7-13-19(14-15-20)18-11-4-5-12-18/h8,10,14,18,20H,4-7,9,11-13,15H2,1-3H3/b17-10+,19-14-. The third-order valence-corrected chi connectivity index (χ3v) is 4.25. The summed E-state index contributed by atoms with van der Waals surface area (Å²) in [6.07, 6.45) is 16.7. The molecule has 0 radical (unpaired) electrons. The molecule has 0 saturated heterocycles. The van der Waals surface area contributed by atoms with Gasteiger partial charge in [0.2, 0.25) is 0 Å². The molecule has 0 spiro atoms. The van der Waals surface area contributed by atoms with Gasteiger partial charge < -0.3 is 5.11 Å². The van der Waals surface area contributed by atoms with Gasteiger partial charge in [0.25, 0.3) is 0 Å². The van der Waals surface area contributed by atoms with Crippen molar-refractivity contribution >= 4 is 0 Å². The first-order chi connectivity index (χ1) is 9.63. The summed E-state index contributed by atoms with van der Waals surface area (Å²) in [5.74, 6) is 0.751. The Morgan fingerprint density at radius 3 is 2.20 bits per heavy atom. The van der Waals surface area contributed by atoms with Crippen LogP contribution in [0.25, 0.3) is 0 Å². The zero-order valence-corrected chi connectivity index (χ0v) is 13.6. The molecule has 1 aliphatic rings. The van der Waals surface area contributed by atoms with Crippen LogP contribution in [0.3, 0.4) is 0 Å². The summed E-state index contributed by atoms with van der Waals surface area (Å²) in [7, 11) is 0. The maximum absolute atomic E-state index is 9.18. The minimum absolute atomic E-state index is 0.203. The van der Waals surface area contributed by atoms with Gasteiger partial charge in [0, 0.05) is 0 Å². The first kappa shape index (κ1) is 17.2. The van der Waals surface area contributed by atoms with E-state index in [-0.39, 0.29) is 6.61 Å². The largest absolute Gasteiger partial charge is 0.392 e. The van der Waals surface area contributed by atoms with Crippen molar-refractivity contribution in [1.82, 2.24) is 0 Å². The summed E-state index contributed by atoms with van der Waals surface area (Å²) in [6.45, 7) is 6.76. The summed E-state index contributed by atoms with van der Waals surface area (Å²) in [5.41, 5.74) is 4.41. The Morgan fingerprint density at radius 2 is 1.60 bits per heavy atom. The molecular weight excluding hydrogens is 244 g/mol. The third kappa shape index (κ3) is 7.09. The fourth-order valence-corrected chi connectivity index (χ4v) is 3.06. The number of allylic oxidation sites excluding steroid dienone is 5. The molecule has 1 N–H and O–H groups in total. The quantitative estimate of drug-likeness (QED) is 0.575. The number of aliphatic hydroxyl groups excluding tert-OH is 1. The normalized spacial score (nSPS) is 17.6. The van der Waals surface area contributed by atoms with E-state index in [1.165, 1.54) is 48.8 Å². The van der Waals surface area contributed by atoms with E-state index in [4.69, 9.17) is 0 Å². The van der Waals surface area contributed by atoms with E-state index in [1.54, 1.807) is 0 Å². The second kappa shape index (κ2) is 9.99. The second-order valence-corrected chi connectivity index (χ2v) is 6.35. The lowest BCUT2D eigenvalue weighted by atomic mass is 9.92. The average molecular weight is 276 g/mol. The molecule has 0 aromatic rings. The van der Waals surface area contributed by atoms with E-state index in [2.05, 4.69) is 39.0 Å². The highest BCUT2D eigenvalue weighted by Crippen LogP contribution is 2.33. The van der Waals surface area contributed by atoms with Crippen molar-refractivity contribution in [2.24, 2.45) is 5.92 Å². The first-order valence-electron chi connectivity index (χ1n) is 8.22. The Balaban J connectivity index is 2.35. The molecule has 0 aliphatic heterocycles. The van der Waals surface area contributed by atoms with Crippen LogP contribution in [-0.2, 0) is 0 Å². The van der Waals surface area contributed by atoms with Gasteiger partial charge in [-0.3, -0.25) is 0 Å². The lowest BCUT2D eigenvalue weighted by molar-refractivity contribution is 0.339. The minimum Gasteiger partial charge on any atom is -0.392 e. The van der Waals surface area contributed by atoms with Crippen molar-refractivity contribution in [3.05, 3.63) is 34.9 Å². The van der Waals surface area contributed by atoms with Crippen molar-refractivity contribution in [1.29, 1.82) is 0 Å². The Morgan fingerprint density at radius 1 is 0.950 bits per heavy atom. The SMILES string of the molecule is CC(C)=CCC/C(C)=C/CC/C(=C/CO)C1CCCC1. The Hall–Kier alpha value is -0.820. The molecule has 0 aromatic heterocycles. The van der Waals surface area contributed by atoms with Crippen LogP contribution in [0, 0.1) is 5.92 Å². The molecule has 0 heterocycles. The molecule has 114 valence electrons. The van der Waals surface area contributed by atoms with Gasteiger partial charge in [0.1, 0.15) is 0 Å². The van der Waals surface area contributed by atoms with Crippen molar-refractivity contribution in [2.75, 3.05) is 6.61 Å². The van der Waals surface area contributed by atoms with Gasteiger partial charge in [-0.25, -0.2) is 0 Å². The van der Waals surface area contributed by atoms with E-state index in [1.807, 2.05) is 0 Å². The van der Waals surface area contributed by atoms with Gasteiger partial charge in [-0.1, -0.05) is 47.8 Å². The van der Waals surface area contributed by atoms with Gasteiger partial charge >= 0.3 is 0 Å². The number of rotatable bonds is 8. The highest BCUT2D eigenvalue weighted by molar-refractivity contribution is 5.11. The highest BCUT2D eigenvalue weighted by atomic mass is 16.2. The van der Waals surface area contributed by atoms with Gasteiger partial charge in [-0.2, -0.15) is 0 Å². The van der Waals surface area contributed by atoms with Crippen LogP contribution < -0.4 is 0 Å². The maximum atomic E-state index is 9.18. The number of hydrogen-bond donors (Lipinski definition) is 1. The molecule has 1 rings (SSSR count). The summed E-state index contributed by atoms with van der Waals surface area (Å²) in [4.78, 5) is 0. The molecule has 0 atom stereocenters. The fraction of sp³-hybridized carbons (Fsp3) is 0.684. The Kier molecular flexibility index (Phi) is 8.60. The van der Waals surface area contributed by atoms with Crippen molar-refractivity contribution in [3.8, 4) is 0 Å². The average Bonchev–Trinajstić information content (AvgIpc) is 2.91. The van der Waals surface area contributed by atoms with Crippen LogP contribution >= 0.6 is 0 Å². The van der Waals surface area contributed by atoms with Crippen LogP contribution in [0.1, 0.15) is 72.1 Å². The van der Waals surface area contributed by atoms with E-state index in [0.29, 0.717) is 0 Å². The lowest BCUT2D eigenvalue weighted by Crippen LogP contribution is -2.00. The fourth-order valence-electron chi connectivity index (χ4n) is 3.06. The molecule has 1 nitrogen and oxygen atoms in total. The van der Waals surface area contributed by atoms with Crippen LogP contribution in [0.15, 0.2) is 34.9 Å². The maximum Gasteiger partial charge on any atom is 0.0615 e. The smallest absolute Gasteiger partial charge is 0.0615 e. The molecule has 1 saturated carbocycles. The summed E-state index contributed by atoms with van der Waals surface area (Å²) >= 11 is 0. The molecule has 0 amide bonds. The van der Waals surface area contributed by atoms with E-state index in [0.717, 1.165) is 25.2 Å². The Bertz CT molecular complexity index is 350. The van der Waals surface area contributed by atoms with Gasteiger partial charge in [-0.05, 0) is 65.2 Å². The molecule has 1 aliphatic carbocycles. The van der Waals surface area contributed by atoms with E-state index in [9.17, 15) is 5.11 Å². The minimum atomic E-state index is 0.203. The predicted molar refractivity (Wildman–Crippen MR) is 88.8 cm³/mol. The summed E-state index contributed by atoms with van der Waals surface area (Å²) < 4.78 is 0. The molecule has 1 heteroatoms. The highest BCUT2D eigenvalue weighted by Gasteiger charge is 2.18. The van der Waals surface area contributed by atoms with Crippen LogP contribution in [-0.4, -0.2) is 11.7 Å². The van der Waals surface area contributed by atoms with Crippen molar-refractivity contribution in [2.45, 2.75) is 72.1 Å². The summed E-state index contributed by atoms with van der Waals surface area (Å²) in [6, 6.07) is 0. The molecule has 0 unspecified atom stereocenters. The lowest BCUT2D eigenvalue weighted by Gasteiger charge is -2.14. The predicted octanol–water partition coefficient (Wildman–Crippen LogP) is 5.57. The Labute approximate surface area is 125 Å². The number of aliphatic hydroxyl groups is 1. The van der Waals surface area contributed by atoms with Gasteiger partial charge in [0.05, 0.1) is 6.61 Å². The zero-order chi connectivity index (χ0) is 14.8. The van der Waals surface area contributed by atoms with Crippen molar-refractivity contribution < 1.29 is 5.11 Å². The zero-order valence-electron chi connectivity index (χ0n) is 13.6. The molecule has 0 aromatic carbocycles. The third-order valence-electron chi connectivity index (χ3n) is 4.25. The number of hydrogen-bond acceptors (Lipinski definition) is 1. The van der Waals surface area contributed by atoms with Crippen LogP contribution in [0.5, 0.6) is 0 Å². The topological polar surface area (TPSA) is 20.2 Å². The van der Waals surface area contributed by atoms with Crippen LogP contribution in [0.2, 0.25) is 0 Å². The first-order valence-corrected chi connectivity index (χ1v) is 8.22. The molecule has 1 fully saturated rings. The van der Waals surface area contributed by atoms with Gasteiger partial charge in [0.15, 0.2) is 0 Å². The summed E-state index contributed by atoms with van der Waals surface area (Å²) in [5, 5.41) is 9.18. The van der Waals surface area contributed by atoms with E-state index < -0.39 is 0 Å². The van der Waals surface area contributed by atoms with Crippen LogP contribution in [0.4, 0.5) is 0 Å². The molecule has 20 heavy (non-hydrogen) atoms. The molecule has 0 bridgehead atoms. The second-order valence-electron chi connectivity index (χ2n) is 6.35. The van der Waals surface area contributed by atoms with E-state index >= 15 is 0 Å². The molecular formula is C19H32O. The van der Waals surface area contributed by atoms with Gasteiger partial charge in [-0.15, -0.1) is 0 Å². The van der Waals surface area contributed by atoms with Crippen molar-refractivity contribution in [3.63, 3.8) is 0 Å².